The molecule has 2 aliphatic rings. The van der Waals surface area contributed by atoms with Crippen LogP contribution in [0.15, 0.2) is 103 Å². The highest BCUT2D eigenvalue weighted by Crippen LogP contribution is 2.35. The molecule has 0 bridgehead atoms. The molecular weight excluding hydrogens is 545 g/mol. The number of piperidine rings is 1. The van der Waals surface area contributed by atoms with Crippen molar-refractivity contribution in [3.63, 3.8) is 0 Å². The summed E-state index contributed by atoms with van der Waals surface area (Å²) in [7, 11) is 0. The van der Waals surface area contributed by atoms with Gasteiger partial charge in [0.05, 0.1) is 25.9 Å². The fraction of sp³-hybridized carbons (Fsp3) is 0.333. The second kappa shape index (κ2) is 14.1. The molecule has 6 nitrogen and oxygen atoms in total. The number of nitrogens with zero attached hydrogens (tertiary/aromatic N) is 1. The molecule has 4 atom stereocenters. The topological polar surface area (TPSA) is 49.4 Å². The van der Waals surface area contributed by atoms with Gasteiger partial charge in [-0.2, -0.15) is 0 Å². The van der Waals surface area contributed by atoms with Gasteiger partial charge in [-0.25, -0.2) is 4.39 Å². The largest absolute Gasteiger partial charge is 0.454 e. The monoisotopic (exact) mass is 583 g/mol. The Hall–Kier alpha value is -3.75. The lowest BCUT2D eigenvalue weighted by Gasteiger charge is -2.47. The lowest BCUT2D eigenvalue weighted by molar-refractivity contribution is -0.200. The van der Waals surface area contributed by atoms with E-state index < -0.39 is 0 Å². The van der Waals surface area contributed by atoms with Crippen LogP contribution < -0.4 is 9.47 Å². The van der Waals surface area contributed by atoms with Crippen LogP contribution in [0.2, 0.25) is 0 Å². The Labute approximate surface area is 252 Å². The van der Waals surface area contributed by atoms with Crippen molar-refractivity contribution in [1.82, 2.24) is 4.90 Å². The van der Waals surface area contributed by atoms with Crippen LogP contribution >= 0.6 is 0 Å². The first kappa shape index (κ1) is 29.3. The van der Waals surface area contributed by atoms with E-state index in [0.29, 0.717) is 56.4 Å². The maximum Gasteiger partial charge on any atom is 0.231 e. The van der Waals surface area contributed by atoms with E-state index in [0.717, 1.165) is 16.7 Å². The Kier molecular flexibility index (Phi) is 9.65. The summed E-state index contributed by atoms with van der Waals surface area (Å²) >= 11 is 0. The van der Waals surface area contributed by atoms with Crippen molar-refractivity contribution in [3.8, 4) is 11.5 Å². The predicted molar refractivity (Wildman–Crippen MR) is 162 cm³/mol. The quantitative estimate of drug-likeness (QED) is 0.188. The van der Waals surface area contributed by atoms with Gasteiger partial charge in [-0.15, -0.1) is 0 Å². The normalized spacial score (nSPS) is 21.6. The number of rotatable bonds is 12. The zero-order chi connectivity index (χ0) is 29.4. The predicted octanol–water partition coefficient (Wildman–Crippen LogP) is 6.56. The Bertz CT molecular complexity index is 1440. The first-order chi connectivity index (χ1) is 21.1. The summed E-state index contributed by atoms with van der Waals surface area (Å²) in [5, 5.41) is 0. The van der Waals surface area contributed by atoms with E-state index in [1.54, 1.807) is 6.07 Å². The molecule has 0 amide bonds. The number of fused-ring (bicyclic) bond motifs is 1. The maximum atomic E-state index is 15.0. The van der Waals surface area contributed by atoms with Gasteiger partial charge in [0.2, 0.25) is 6.79 Å². The second-order valence-electron chi connectivity index (χ2n) is 11.1. The van der Waals surface area contributed by atoms with Crippen molar-refractivity contribution < 1.29 is 28.1 Å². The number of benzene rings is 4. The van der Waals surface area contributed by atoms with Gasteiger partial charge in [-0.05, 0) is 41.7 Å². The second-order valence-corrected chi connectivity index (χ2v) is 11.1. The number of likely N-dealkylation sites (tertiary alicyclic amines) is 1. The molecule has 2 heterocycles. The van der Waals surface area contributed by atoms with Gasteiger partial charge in [-0.1, -0.05) is 91.0 Å². The van der Waals surface area contributed by atoms with Crippen LogP contribution in [0.1, 0.15) is 29.2 Å². The van der Waals surface area contributed by atoms with Crippen molar-refractivity contribution in [1.29, 1.82) is 0 Å². The van der Waals surface area contributed by atoms with E-state index >= 15 is 0 Å². The van der Waals surface area contributed by atoms with Gasteiger partial charge in [0.1, 0.15) is 18.0 Å². The molecule has 6 rings (SSSR count). The van der Waals surface area contributed by atoms with E-state index in [1.807, 2.05) is 54.6 Å². The Morgan fingerprint density at radius 1 is 0.698 bits per heavy atom. The molecule has 4 aromatic carbocycles. The third-order valence-corrected chi connectivity index (χ3v) is 8.24. The SMILES string of the molecule is C[C@@H]1[C@@H](OCc2ccccc2)[C@H](OCc2ccccc2)[C@@H](OCc2ccccc2)CN1CCc1cc2c(cc1F)OCO2. The molecule has 224 valence electrons. The zero-order valence-corrected chi connectivity index (χ0v) is 24.4. The molecule has 0 spiro atoms. The minimum atomic E-state index is -0.304. The first-order valence-corrected chi connectivity index (χ1v) is 14.9. The third kappa shape index (κ3) is 7.43. The molecule has 1 saturated heterocycles. The highest BCUT2D eigenvalue weighted by molar-refractivity contribution is 5.45. The van der Waals surface area contributed by atoms with Crippen LogP contribution in [0.25, 0.3) is 0 Å². The molecule has 4 aromatic rings. The van der Waals surface area contributed by atoms with Crippen LogP contribution in [-0.4, -0.2) is 49.1 Å². The summed E-state index contributed by atoms with van der Waals surface area (Å²) in [5.74, 6) is 0.757. The van der Waals surface area contributed by atoms with Gasteiger partial charge in [0, 0.05) is 25.2 Å². The molecule has 43 heavy (non-hydrogen) atoms. The lowest BCUT2D eigenvalue weighted by atomic mass is 9.93. The smallest absolute Gasteiger partial charge is 0.231 e. The highest BCUT2D eigenvalue weighted by Gasteiger charge is 2.44. The molecular formula is C36H38FNO5. The molecule has 0 aromatic heterocycles. The fourth-order valence-electron chi connectivity index (χ4n) is 5.80. The lowest BCUT2D eigenvalue weighted by Crippen LogP contribution is -2.62. The van der Waals surface area contributed by atoms with Crippen LogP contribution in [0, 0.1) is 5.82 Å². The molecule has 0 unspecified atom stereocenters. The van der Waals surface area contributed by atoms with E-state index in [-0.39, 0.29) is 37.0 Å². The van der Waals surface area contributed by atoms with Crippen LogP contribution in [0.3, 0.4) is 0 Å². The standard InChI is InChI=1S/C36H38FNO5/c1-26-35(40-23-28-13-7-3-8-14-28)36(41-24-29-15-9-4-10-16-29)34(39-22-27-11-5-2-6-12-27)21-38(26)18-17-30-19-32-33(20-31(30)37)43-25-42-32/h2-16,19-20,26,34-36H,17-18,21-25H2,1H3/t26-,34+,35-,36-/m1/s1. The van der Waals surface area contributed by atoms with E-state index in [2.05, 4.69) is 48.2 Å². The van der Waals surface area contributed by atoms with Gasteiger partial charge in [-0.3, -0.25) is 4.90 Å². The van der Waals surface area contributed by atoms with Gasteiger partial charge in [0.25, 0.3) is 0 Å². The van der Waals surface area contributed by atoms with Gasteiger partial charge < -0.3 is 23.7 Å². The van der Waals surface area contributed by atoms with E-state index in [9.17, 15) is 4.39 Å². The van der Waals surface area contributed by atoms with E-state index in [1.165, 1.54) is 6.07 Å². The molecule has 0 N–H and O–H groups in total. The average Bonchev–Trinajstić information content (AvgIpc) is 3.50. The van der Waals surface area contributed by atoms with Crippen LogP contribution in [-0.2, 0) is 40.5 Å². The molecule has 7 heteroatoms. The molecule has 2 aliphatic heterocycles. The summed E-state index contributed by atoms with van der Waals surface area (Å²) in [4.78, 5) is 2.33. The van der Waals surface area contributed by atoms with Crippen molar-refractivity contribution in [3.05, 3.63) is 131 Å². The minimum absolute atomic E-state index is 0.00173. The number of hydrogen-bond donors (Lipinski definition) is 0. The third-order valence-electron chi connectivity index (χ3n) is 8.24. The van der Waals surface area contributed by atoms with Crippen molar-refractivity contribution in [2.75, 3.05) is 19.9 Å². The van der Waals surface area contributed by atoms with Crippen molar-refractivity contribution in [2.24, 2.45) is 0 Å². The molecule has 0 aliphatic carbocycles. The minimum Gasteiger partial charge on any atom is -0.454 e. The highest BCUT2D eigenvalue weighted by atomic mass is 19.1. The Balaban J connectivity index is 1.24. The van der Waals surface area contributed by atoms with Crippen molar-refractivity contribution in [2.45, 2.75) is 57.5 Å². The Morgan fingerprint density at radius 3 is 1.79 bits per heavy atom. The first-order valence-electron chi connectivity index (χ1n) is 14.9. The number of halogens is 1. The molecule has 0 saturated carbocycles. The van der Waals surface area contributed by atoms with Crippen LogP contribution in [0.4, 0.5) is 4.39 Å². The summed E-state index contributed by atoms with van der Waals surface area (Å²) in [6.07, 6.45) is -0.331. The summed E-state index contributed by atoms with van der Waals surface area (Å²) in [6.45, 7) is 4.91. The van der Waals surface area contributed by atoms with Crippen molar-refractivity contribution >= 4 is 0 Å². The molecule has 0 radical (unpaired) electrons. The Morgan fingerprint density at radius 2 is 1.21 bits per heavy atom. The summed E-state index contributed by atoms with van der Waals surface area (Å²) in [5.41, 5.74) is 3.89. The molecule has 1 fully saturated rings. The maximum absolute atomic E-state index is 15.0. The van der Waals surface area contributed by atoms with E-state index in [4.69, 9.17) is 23.7 Å². The zero-order valence-electron chi connectivity index (χ0n) is 24.4. The average molecular weight is 584 g/mol. The van der Waals surface area contributed by atoms with Crippen LogP contribution in [0.5, 0.6) is 11.5 Å². The number of hydrogen-bond acceptors (Lipinski definition) is 6. The van der Waals surface area contributed by atoms with Gasteiger partial charge >= 0.3 is 0 Å². The summed E-state index contributed by atoms with van der Waals surface area (Å²) < 4.78 is 45.8. The summed E-state index contributed by atoms with van der Waals surface area (Å²) in [6, 6.07) is 33.7. The van der Waals surface area contributed by atoms with Gasteiger partial charge in [0.15, 0.2) is 11.5 Å². The number of ether oxygens (including phenoxy) is 5. The fourth-order valence-corrected chi connectivity index (χ4v) is 5.80.